The van der Waals surface area contributed by atoms with E-state index in [1.807, 2.05) is 20.2 Å². The minimum Gasteiger partial charge on any atom is -0.390 e. The molecule has 1 unspecified atom stereocenters. The molecule has 2 heterocycles. The highest BCUT2D eigenvalue weighted by Crippen LogP contribution is 2.12. The SMILES string of the molecule is Cc1nn(C)cc1NCC(O)CN1CCCC1. The second-order valence-electron chi connectivity index (χ2n) is 4.84. The van der Waals surface area contributed by atoms with Gasteiger partial charge in [0.2, 0.25) is 0 Å². The Labute approximate surface area is 102 Å². The van der Waals surface area contributed by atoms with Crippen LogP contribution in [0.25, 0.3) is 0 Å². The van der Waals surface area contributed by atoms with Crippen molar-refractivity contribution in [2.24, 2.45) is 7.05 Å². The normalized spacial score (nSPS) is 18.5. The molecule has 0 bridgehead atoms. The largest absolute Gasteiger partial charge is 0.390 e. The van der Waals surface area contributed by atoms with E-state index in [1.165, 1.54) is 12.8 Å². The van der Waals surface area contributed by atoms with Gasteiger partial charge in [0.15, 0.2) is 0 Å². The first-order chi connectivity index (χ1) is 8.15. The number of aliphatic hydroxyl groups excluding tert-OH is 1. The number of nitrogens with zero attached hydrogens (tertiary/aromatic N) is 3. The number of hydrogen-bond acceptors (Lipinski definition) is 4. The number of aliphatic hydroxyl groups is 1. The van der Waals surface area contributed by atoms with Gasteiger partial charge in [-0.2, -0.15) is 5.10 Å². The number of β-amino-alcohol motifs (C(OH)–C–C–N with tert-alkyl or cyclic N) is 1. The van der Waals surface area contributed by atoms with Crippen molar-refractivity contribution in [3.05, 3.63) is 11.9 Å². The lowest BCUT2D eigenvalue weighted by Crippen LogP contribution is -2.34. The zero-order valence-corrected chi connectivity index (χ0v) is 10.7. The zero-order valence-electron chi connectivity index (χ0n) is 10.7. The van der Waals surface area contributed by atoms with Crippen molar-refractivity contribution in [2.45, 2.75) is 25.9 Å². The van der Waals surface area contributed by atoms with Gasteiger partial charge in [0.1, 0.15) is 0 Å². The number of nitrogens with one attached hydrogen (secondary N) is 1. The topological polar surface area (TPSA) is 53.3 Å². The summed E-state index contributed by atoms with van der Waals surface area (Å²) in [5.41, 5.74) is 1.98. The van der Waals surface area contributed by atoms with Crippen molar-refractivity contribution < 1.29 is 5.11 Å². The fraction of sp³-hybridized carbons (Fsp3) is 0.750. The second-order valence-corrected chi connectivity index (χ2v) is 4.84. The van der Waals surface area contributed by atoms with Gasteiger partial charge in [0.05, 0.1) is 17.5 Å². The molecule has 1 aromatic heterocycles. The maximum atomic E-state index is 9.94. The van der Waals surface area contributed by atoms with E-state index in [0.29, 0.717) is 6.54 Å². The van der Waals surface area contributed by atoms with Gasteiger partial charge in [-0.3, -0.25) is 4.68 Å². The monoisotopic (exact) mass is 238 g/mol. The Kier molecular flexibility index (Phi) is 4.02. The predicted molar refractivity (Wildman–Crippen MR) is 68.1 cm³/mol. The standard InChI is InChI=1S/C12H22N4O/c1-10-12(9-15(2)14-10)13-7-11(17)8-16-5-3-4-6-16/h9,11,13,17H,3-8H2,1-2H3. The lowest BCUT2D eigenvalue weighted by atomic mass is 10.3. The molecule has 1 aliphatic rings. The summed E-state index contributed by atoms with van der Waals surface area (Å²) in [6.07, 6.45) is 4.16. The van der Waals surface area contributed by atoms with Crippen LogP contribution in [0.1, 0.15) is 18.5 Å². The molecule has 1 atom stereocenters. The molecular formula is C12H22N4O. The predicted octanol–water partition coefficient (Wildman–Crippen LogP) is 0.597. The smallest absolute Gasteiger partial charge is 0.0839 e. The Bertz CT molecular complexity index is 357. The van der Waals surface area contributed by atoms with Crippen LogP contribution in [-0.4, -0.2) is 52.1 Å². The van der Waals surface area contributed by atoms with Crippen LogP contribution < -0.4 is 5.32 Å². The molecule has 1 aliphatic heterocycles. The van der Waals surface area contributed by atoms with Crippen LogP contribution >= 0.6 is 0 Å². The second kappa shape index (κ2) is 5.51. The summed E-state index contributed by atoms with van der Waals surface area (Å²) >= 11 is 0. The molecule has 0 spiro atoms. The maximum Gasteiger partial charge on any atom is 0.0839 e. The molecule has 0 aliphatic carbocycles. The molecule has 1 aromatic rings. The van der Waals surface area contributed by atoms with Gasteiger partial charge in [0, 0.05) is 26.3 Å². The molecule has 5 nitrogen and oxygen atoms in total. The minimum absolute atomic E-state index is 0.312. The molecule has 17 heavy (non-hydrogen) atoms. The van der Waals surface area contributed by atoms with Crippen molar-refractivity contribution in [2.75, 3.05) is 31.5 Å². The number of aryl methyl sites for hydroxylation is 2. The highest BCUT2D eigenvalue weighted by Gasteiger charge is 2.15. The van der Waals surface area contributed by atoms with Crippen molar-refractivity contribution in [3.8, 4) is 0 Å². The number of aromatic nitrogens is 2. The summed E-state index contributed by atoms with van der Waals surface area (Å²) in [6, 6.07) is 0. The Morgan fingerprint density at radius 2 is 2.18 bits per heavy atom. The number of anilines is 1. The summed E-state index contributed by atoms with van der Waals surface area (Å²) in [5, 5.41) is 17.4. The fourth-order valence-corrected chi connectivity index (χ4v) is 2.33. The van der Waals surface area contributed by atoms with Crippen LogP contribution in [0.2, 0.25) is 0 Å². The average Bonchev–Trinajstić information content (AvgIpc) is 2.86. The number of rotatable bonds is 5. The minimum atomic E-state index is -0.312. The van der Waals surface area contributed by atoms with Crippen LogP contribution in [0.3, 0.4) is 0 Å². The first kappa shape index (κ1) is 12.4. The summed E-state index contributed by atoms with van der Waals surface area (Å²) in [6.45, 7) is 5.58. The highest BCUT2D eigenvalue weighted by atomic mass is 16.3. The molecule has 1 fully saturated rings. The maximum absolute atomic E-state index is 9.94. The Balaban J connectivity index is 1.75. The fourth-order valence-electron chi connectivity index (χ4n) is 2.33. The molecule has 0 aromatic carbocycles. The van der Waals surface area contributed by atoms with Gasteiger partial charge in [-0.15, -0.1) is 0 Å². The van der Waals surface area contributed by atoms with E-state index in [-0.39, 0.29) is 6.10 Å². The third-order valence-electron chi connectivity index (χ3n) is 3.21. The van der Waals surface area contributed by atoms with Crippen LogP contribution in [-0.2, 0) is 7.05 Å². The summed E-state index contributed by atoms with van der Waals surface area (Å²) in [5.74, 6) is 0. The molecular weight excluding hydrogens is 216 g/mol. The van der Waals surface area contributed by atoms with Crippen LogP contribution in [0.5, 0.6) is 0 Å². The molecule has 96 valence electrons. The number of hydrogen-bond donors (Lipinski definition) is 2. The summed E-state index contributed by atoms with van der Waals surface area (Å²) < 4.78 is 1.78. The van der Waals surface area contributed by atoms with Gasteiger partial charge in [-0.1, -0.05) is 0 Å². The van der Waals surface area contributed by atoms with Crippen molar-refractivity contribution >= 4 is 5.69 Å². The van der Waals surface area contributed by atoms with Crippen LogP contribution in [0.15, 0.2) is 6.20 Å². The van der Waals surface area contributed by atoms with Gasteiger partial charge >= 0.3 is 0 Å². The van der Waals surface area contributed by atoms with E-state index in [9.17, 15) is 5.11 Å². The van der Waals surface area contributed by atoms with Crippen molar-refractivity contribution in [1.82, 2.24) is 14.7 Å². The highest BCUT2D eigenvalue weighted by molar-refractivity contribution is 5.45. The van der Waals surface area contributed by atoms with Gasteiger partial charge in [0.25, 0.3) is 0 Å². The van der Waals surface area contributed by atoms with Crippen molar-refractivity contribution in [1.29, 1.82) is 0 Å². The summed E-state index contributed by atoms with van der Waals surface area (Å²) in [4.78, 5) is 2.32. The van der Waals surface area contributed by atoms with E-state index in [2.05, 4.69) is 15.3 Å². The first-order valence-electron chi connectivity index (χ1n) is 6.29. The molecule has 0 amide bonds. The Morgan fingerprint density at radius 1 is 1.47 bits per heavy atom. The zero-order chi connectivity index (χ0) is 12.3. The van der Waals surface area contributed by atoms with Gasteiger partial charge < -0.3 is 15.3 Å². The lowest BCUT2D eigenvalue weighted by Gasteiger charge is -2.19. The molecule has 2 N–H and O–H groups in total. The molecule has 2 rings (SSSR count). The van der Waals surface area contributed by atoms with Crippen LogP contribution in [0.4, 0.5) is 5.69 Å². The third-order valence-corrected chi connectivity index (χ3v) is 3.21. The Morgan fingerprint density at radius 3 is 2.76 bits per heavy atom. The first-order valence-corrected chi connectivity index (χ1v) is 6.29. The lowest BCUT2D eigenvalue weighted by molar-refractivity contribution is 0.135. The van der Waals surface area contributed by atoms with Crippen molar-refractivity contribution in [3.63, 3.8) is 0 Å². The van der Waals surface area contributed by atoms with E-state index < -0.39 is 0 Å². The molecule has 0 saturated carbocycles. The van der Waals surface area contributed by atoms with E-state index >= 15 is 0 Å². The van der Waals surface area contributed by atoms with E-state index in [1.54, 1.807) is 4.68 Å². The van der Waals surface area contributed by atoms with Gasteiger partial charge in [-0.05, 0) is 32.9 Å². The molecule has 1 saturated heterocycles. The quantitative estimate of drug-likeness (QED) is 0.788. The van der Waals surface area contributed by atoms with E-state index in [0.717, 1.165) is 31.0 Å². The third kappa shape index (κ3) is 3.44. The van der Waals surface area contributed by atoms with Gasteiger partial charge in [-0.25, -0.2) is 0 Å². The number of likely N-dealkylation sites (tertiary alicyclic amines) is 1. The molecule has 0 radical (unpaired) electrons. The van der Waals surface area contributed by atoms with E-state index in [4.69, 9.17) is 0 Å². The average molecular weight is 238 g/mol. The molecule has 5 heteroatoms. The summed E-state index contributed by atoms with van der Waals surface area (Å²) in [7, 11) is 1.90. The van der Waals surface area contributed by atoms with Crippen LogP contribution in [0, 0.1) is 6.92 Å². The Hall–Kier alpha value is -1.07.